The lowest BCUT2D eigenvalue weighted by atomic mass is 10.1. The fourth-order valence-electron chi connectivity index (χ4n) is 1.55. The van der Waals surface area contributed by atoms with Gasteiger partial charge in [-0.1, -0.05) is 0 Å². The van der Waals surface area contributed by atoms with E-state index in [9.17, 15) is 9.18 Å². The molecule has 1 aromatic rings. The van der Waals surface area contributed by atoms with Crippen molar-refractivity contribution in [2.75, 3.05) is 24.8 Å². The van der Waals surface area contributed by atoms with Gasteiger partial charge in [0.05, 0.1) is 5.69 Å². The number of rotatable bonds is 5. The Kier molecular flexibility index (Phi) is 5.47. The van der Waals surface area contributed by atoms with E-state index in [1.54, 1.807) is 29.8 Å². The molecule has 0 aliphatic heterocycles. The van der Waals surface area contributed by atoms with Crippen molar-refractivity contribution < 1.29 is 9.18 Å². The zero-order valence-corrected chi connectivity index (χ0v) is 11.8. The summed E-state index contributed by atoms with van der Waals surface area (Å²) in [6.45, 7) is 1.99. The Morgan fingerprint density at radius 1 is 1.56 bits per heavy atom. The van der Waals surface area contributed by atoms with E-state index in [-0.39, 0.29) is 17.6 Å². The van der Waals surface area contributed by atoms with E-state index < -0.39 is 5.82 Å². The molecular weight excluding hydrogens is 251 g/mol. The number of nitrogens with two attached hydrogens (primary N) is 1. The maximum Gasteiger partial charge on any atom is 0.253 e. The number of thioether (sulfide) groups is 1. The minimum atomic E-state index is -0.550. The van der Waals surface area contributed by atoms with Crippen LogP contribution in [0.2, 0.25) is 0 Å². The average molecular weight is 270 g/mol. The molecule has 0 spiro atoms. The molecule has 0 radical (unpaired) electrons. The molecule has 0 bridgehead atoms. The van der Waals surface area contributed by atoms with Gasteiger partial charge >= 0.3 is 0 Å². The van der Waals surface area contributed by atoms with Gasteiger partial charge in [-0.3, -0.25) is 4.79 Å². The fourth-order valence-corrected chi connectivity index (χ4v) is 2.12. The lowest BCUT2D eigenvalue weighted by molar-refractivity contribution is 0.0741. The summed E-state index contributed by atoms with van der Waals surface area (Å²) < 4.78 is 13.3. The lowest BCUT2D eigenvalue weighted by Crippen LogP contribution is -2.35. The van der Waals surface area contributed by atoms with Crippen LogP contribution >= 0.6 is 11.8 Å². The van der Waals surface area contributed by atoms with E-state index in [1.807, 2.05) is 13.2 Å². The molecular formula is C13H19FN2OS. The standard InChI is InChI=1S/C13H19FN2OS/c1-9(6-7-18-3)16(2)13(17)10-4-5-12(15)11(14)8-10/h4-5,8-9H,6-7,15H2,1-3H3. The summed E-state index contributed by atoms with van der Waals surface area (Å²) in [6.07, 6.45) is 2.95. The maximum absolute atomic E-state index is 13.3. The van der Waals surface area contributed by atoms with Crippen LogP contribution in [0.1, 0.15) is 23.7 Å². The number of carbonyl (C=O) groups excluding carboxylic acids is 1. The summed E-state index contributed by atoms with van der Waals surface area (Å²) in [5, 5.41) is 0. The van der Waals surface area contributed by atoms with Crippen LogP contribution in [-0.2, 0) is 0 Å². The van der Waals surface area contributed by atoms with Gasteiger partial charge in [0.25, 0.3) is 5.91 Å². The Morgan fingerprint density at radius 2 is 2.22 bits per heavy atom. The number of benzene rings is 1. The first kappa shape index (κ1) is 14.8. The fraction of sp³-hybridized carbons (Fsp3) is 0.462. The molecule has 3 nitrogen and oxygen atoms in total. The van der Waals surface area contributed by atoms with Gasteiger partial charge in [0.15, 0.2) is 0 Å². The summed E-state index contributed by atoms with van der Waals surface area (Å²) in [4.78, 5) is 13.8. The quantitative estimate of drug-likeness (QED) is 0.837. The molecule has 0 aliphatic rings. The minimum absolute atomic E-state index is 0.0598. The van der Waals surface area contributed by atoms with Crippen molar-refractivity contribution in [2.45, 2.75) is 19.4 Å². The van der Waals surface area contributed by atoms with E-state index in [1.165, 1.54) is 12.1 Å². The second-order valence-electron chi connectivity index (χ2n) is 4.28. The van der Waals surface area contributed by atoms with Crippen molar-refractivity contribution in [3.8, 4) is 0 Å². The predicted octanol–water partition coefficient (Wildman–Crippen LogP) is 2.62. The van der Waals surface area contributed by atoms with Gasteiger partial charge in [0, 0.05) is 18.7 Å². The van der Waals surface area contributed by atoms with Crippen LogP contribution in [0, 0.1) is 5.82 Å². The summed E-state index contributed by atoms with van der Waals surface area (Å²) in [5.74, 6) is 0.267. The van der Waals surface area contributed by atoms with Crippen LogP contribution in [0.15, 0.2) is 18.2 Å². The topological polar surface area (TPSA) is 46.3 Å². The number of hydrogen-bond donors (Lipinski definition) is 1. The number of nitrogens with zero attached hydrogens (tertiary/aromatic N) is 1. The van der Waals surface area contributed by atoms with Gasteiger partial charge < -0.3 is 10.6 Å². The number of hydrogen-bond acceptors (Lipinski definition) is 3. The van der Waals surface area contributed by atoms with E-state index in [0.717, 1.165) is 12.2 Å². The second-order valence-corrected chi connectivity index (χ2v) is 5.27. The first-order valence-corrected chi connectivity index (χ1v) is 7.18. The summed E-state index contributed by atoms with van der Waals surface area (Å²) in [7, 11) is 1.74. The smallest absolute Gasteiger partial charge is 0.253 e. The van der Waals surface area contributed by atoms with Gasteiger partial charge in [-0.05, 0) is 43.6 Å². The molecule has 1 amide bonds. The van der Waals surface area contributed by atoms with Crippen LogP contribution in [0.5, 0.6) is 0 Å². The molecule has 0 saturated heterocycles. The zero-order chi connectivity index (χ0) is 13.7. The third-order valence-electron chi connectivity index (χ3n) is 2.97. The molecule has 18 heavy (non-hydrogen) atoms. The van der Waals surface area contributed by atoms with Crippen LogP contribution in [-0.4, -0.2) is 35.9 Å². The molecule has 0 saturated carbocycles. The van der Waals surface area contributed by atoms with Crippen molar-refractivity contribution in [1.82, 2.24) is 4.90 Å². The number of anilines is 1. The van der Waals surface area contributed by atoms with Gasteiger partial charge in [-0.25, -0.2) is 4.39 Å². The highest BCUT2D eigenvalue weighted by Crippen LogP contribution is 2.15. The zero-order valence-electron chi connectivity index (χ0n) is 10.9. The van der Waals surface area contributed by atoms with Crippen molar-refractivity contribution >= 4 is 23.4 Å². The largest absolute Gasteiger partial charge is 0.396 e. The number of nitrogen functional groups attached to an aromatic ring is 1. The van der Waals surface area contributed by atoms with E-state index in [0.29, 0.717) is 5.56 Å². The summed E-state index contributed by atoms with van der Waals surface area (Å²) >= 11 is 1.74. The van der Waals surface area contributed by atoms with Crippen molar-refractivity contribution in [3.63, 3.8) is 0 Å². The van der Waals surface area contributed by atoms with Crippen molar-refractivity contribution in [2.24, 2.45) is 0 Å². The third kappa shape index (κ3) is 3.63. The number of carbonyl (C=O) groups is 1. The first-order chi connectivity index (χ1) is 8.47. The summed E-state index contributed by atoms with van der Waals surface area (Å²) in [6, 6.07) is 4.29. The molecule has 0 heterocycles. The highest BCUT2D eigenvalue weighted by molar-refractivity contribution is 7.98. The molecule has 0 fully saturated rings. The Labute approximate surface area is 112 Å². The maximum atomic E-state index is 13.3. The van der Waals surface area contributed by atoms with Crippen molar-refractivity contribution in [3.05, 3.63) is 29.6 Å². The van der Waals surface area contributed by atoms with Crippen LogP contribution in [0.4, 0.5) is 10.1 Å². The van der Waals surface area contributed by atoms with Crippen molar-refractivity contribution in [1.29, 1.82) is 0 Å². The Hall–Kier alpha value is -1.23. The molecule has 1 unspecified atom stereocenters. The van der Waals surface area contributed by atoms with E-state index in [4.69, 9.17) is 5.73 Å². The monoisotopic (exact) mass is 270 g/mol. The molecule has 1 atom stereocenters. The molecule has 0 aliphatic carbocycles. The SMILES string of the molecule is CSCCC(C)N(C)C(=O)c1ccc(N)c(F)c1. The Bertz CT molecular complexity index is 425. The average Bonchev–Trinajstić information content (AvgIpc) is 2.37. The van der Waals surface area contributed by atoms with Crippen LogP contribution in [0.3, 0.4) is 0 Å². The first-order valence-electron chi connectivity index (χ1n) is 5.78. The van der Waals surface area contributed by atoms with E-state index >= 15 is 0 Å². The molecule has 1 rings (SSSR count). The number of amides is 1. The Morgan fingerprint density at radius 3 is 2.78 bits per heavy atom. The molecule has 0 aromatic heterocycles. The predicted molar refractivity (Wildman–Crippen MR) is 75.4 cm³/mol. The highest BCUT2D eigenvalue weighted by atomic mass is 32.2. The normalized spacial score (nSPS) is 12.2. The molecule has 5 heteroatoms. The van der Waals surface area contributed by atoms with Gasteiger partial charge in [-0.15, -0.1) is 0 Å². The molecule has 100 valence electrons. The van der Waals surface area contributed by atoms with Gasteiger partial charge in [-0.2, -0.15) is 11.8 Å². The molecule has 2 N–H and O–H groups in total. The number of halogens is 1. The molecule has 1 aromatic carbocycles. The third-order valence-corrected chi connectivity index (χ3v) is 3.61. The van der Waals surface area contributed by atoms with Crippen LogP contribution < -0.4 is 5.73 Å². The van der Waals surface area contributed by atoms with Crippen LogP contribution in [0.25, 0.3) is 0 Å². The highest BCUT2D eigenvalue weighted by Gasteiger charge is 2.18. The summed E-state index contributed by atoms with van der Waals surface area (Å²) in [5.41, 5.74) is 5.78. The van der Waals surface area contributed by atoms with Gasteiger partial charge in [0.1, 0.15) is 5.82 Å². The van der Waals surface area contributed by atoms with Gasteiger partial charge in [0.2, 0.25) is 0 Å². The Balaban J connectivity index is 2.76. The minimum Gasteiger partial charge on any atom is -0.396 e. The second kappa shape index (κ2) is 6.64. The van der Waals surface area contributed by atoms with E-state index in [2.05, 4.69) is 0 Å². The lowest BCUT2D eigenvalue weighted by Gasteiger charge is -2.25.